The van der Waals surface area contributed by atoms with Gasteiger partial charge in [-0.15, -0.1) is 5.43 Å². The number of nitro groups is 1. The predicted octanol–water partition coefficient (Wildman–Crippen LogP) is 3.33. The quantitative estimate of drug-likeness (QED) is 0.511. The van der Waals surface area contributed by atoms with Gasteiger partial charge in [-0.2, -0.15) is 26.3 Å². The van der Waals surface area contributed by atoms with Gasteiger partial charge in [-0.1, -0.05) is 0 Å². The van der Waals surface area contributed by atoms with Crippen LogP contribution in [-0.2, 0) is 12.4 Å². The summed E-state index contributed by atoms with van der Waals surface area (Å²) >= 11 is 0. The van der Waals surface area contributed by atoms with Gasteiger partial charge in [-0.3, -0.25) is 0 Å². The molecule has 0 aromatic heterocycles. The molecule has 1 N–H and O–H groups in total. The van der Waals surface area contributed by atoms with Crippen LogP contribution < -0.4 is 5.43 Å². The lowest BCUT2D eigenvalue weighted by atomic mass is 10.1. The first-order valence-corrected chi connectivity index (χ1v) is 4.21. The third kappa shape index (κ3) is 3.25. The lowest BCUT2D eigenvalue weighted by Crippen LogP contribution is -2.16. The maximum atomic E-state index is 12.4. The molecule has 10 heteroatoms. The van der Waals surface area contributed by atoms with Crippen molar-refractivity contribution in [1.82, 2.24) is 0 Å². The number of rotatable bonds is 2. The molecule has 1 aromatic rings. The Labute approximate surface area is 95.3 Å². The molecular weight excluding hydrogens is 270 g/mol. The van der Waals surface area contributed by atoms with Crippen LogP contribution in [0.5, 0.6) is 0 Å². The summed E-state index contributed by atoms with van der Waals surface area (Å²) in [5.74, 6) is 0. The van der Waals surface area contributed by atoms with Gasteiger partial charge in [0.15, 0.2) is 5.03 Å². The van der Waals surface area contributed by atoms with Crippen molar-refractivity contribution in [2.45, 2.75) is 12.4 Å². The van der Waals surface area contributed by atoms with E-state index in [1.165, 1.54) is 0 Å². The fourth-order valence-corrected chi connectivity index (χ4v) is 1.16. The molecule has 0 aliphatic heterocycles. The summed E-state index contributed by atoms with van der Waals surface area (Å²) in [6.45, 7) is 0. The van der Waals surface area contributed by atoms with E-state index in [4.69, 9.17) is 0 Å². The molecule has 0 fully saturated rings. The average Bonchev–Trinajstić information content (AvgIpc) is 2.13. The van der Waals surface area contributed by atoms with Crippen LogP contribution in [0.3, 0.4) is 0 Å². The van der Waals surface area contributed by atoms with E-state index in [0.29, 0.717) is 0 Å². The Bertz CT molecular complexity index is 468. The van der Waals surface area contributed by atoms with E-state index in [-0.39, 0.29) is 18.2 Å². The van der Waals surface area contributed by atoms with E-state index >= 15 is 0 Å². The highest BCUT2D eigenvalue weighted by molar-refractivity contribution is 5.53. The average molecular weight is 274 g/mol. The number of benzene rings is 1. The number of hydrogen-bond donors (Lipinski definition) is 1. The maximum Gasteiger partial charge on any atom is 0.418 e. The number of hydrazine groups is 1. The van der Waals surface area contributed by atoms with Crippen molar-refractivity contribution in [1.29, 1.82) is 0 Å². The van der Waals surface area contributed by atoms with E-state index in [2.05, 4.69) is 0 Å². The molecule has 0 heterocycles. The zero-order valence-electron chi connectivity index (χ0n) is 8.26. The Morgan fingerprint density at radius 3 is 2.00 bits per heavy atom. The number of halogens is 6. The second kappa shape index (κ2) is 4.35. The number of nitrogens with zero attached hydrogens (tertiary/aromatic N) is 1. The van der Waals surface area contributed by atoms with Gasteiger partial charge < -0.3 is 0 Å². The van der Waals surface area contributed by atoms with Crippen molar-refractivity contribution in [3.63, 3.8) is 0 Å². The Hall–Kier alpha value is -2.00. The molecule has 4 nitrogen and oxygen atoms in total. The highest BCUT2D eigenvalue weighted by Crippen LogP contribution is 2.38. The van der Waals surface area contributed by atoms with Crippen LogP contribution in [0.2, 0.25) is 0 Å². The molecule has 0 atom stereocenters. The summed E-state index contributed by atoms with van der Waals surface area (Å²) in [5, 5.41) is 8.68. The topological polar surface area (TPSA) is 55.2 Å². The van der Waals surface area contributed by atoms with Crippen molar-refractivity contribution in [3.8, 4) is 0 Å². The van der Waals surface area contributed by atoms with Gasteiger partial charge in [0, 0.05) is 0 Å². The van der Waals surface area contributed by atoms with Gasteiger partial charge in [-0.25, -0.2) is 10.1 Å². The molecule has 100 valence electrons. The predicted molar refractivity (Wildman–Crippen MR) is 47.1 cm³/mol. The number of nitrogens with one attached hydrogen (secondary N) is 1. The van der Waals surface area contributed by atoms with Gasteiger partial charge in [-0.05, 0) is 18.2 Å². The molecule has 18 heavy (non-hydrogen) atoms. The normalized spacial score (nSPS) is 12.3. The molecular formula is C8H4F6N2O2. The summed E-state index contributed by atoms with van der Waals surface area (Å²) in [7, 11) is 0. The van der Waals surface area contributed by atoms with E-state index in [1.807, 2.05) is 0 Å². The van der Waals surface area contributed by atoms with E-state index in [1.54, 1.807) is 0 Å². The van der Waals surface area contributed by atoms with Crippen molar-refractivity contribution in [3.05, 3.63) is 39.4 Å². The van der Waals surface area contributed by atoms with Crippen molar-refractivity contribution in [2.24, 2.45) is 0 Å². The minimum Gasteiger partial charge on any atom is -0.235 e. The lowest BCUT2D eigenvalue weighted by molar-refractivity contribution is -0.445. The summed E-state index contributed by atoms with van der Waals surface area (Å²) in [5.41, 5.74) is -3.13. The Balaban J connectivity index is 3.34. The SMILES string of the molecule is O=[N+]([O-])Nc1cc(C(F)(F)F)ccc1C(F)(F)F. The molecule has 0 amide bonds. The second-order valence-electron chi connectivity index (χ2n) is 3.12. The molecule has 1 aromatic carbocycles. The maximum absolute atomic E-state index is 12.4. The molecule has 0 aliphatic carbocycles. The van der Waals surface area contributed by atoms with Crippen LogP contribution in [0.1, 0.15) is 11.1 Å². The van der Waals surface area contributed by atoms with Crippen LogP contribution in [0.25, 0.3) is 0 Å². The first-order chi connectivity index (χ1) is 8.01. The van der Waals surface area contributed by atoms with Crippen LogP contribution in [0, 0.1) is 10.1 Å². The van der Waals surface area contributed by atoms with Gasteiger partial charge in [0.05, 0.1) is 11.1 Å². The molecule has 0 spiro atoms. The molecule has 0 aliphatic rings. The van der Waals surface area contributed by atoms with E-state index in [9.17, 15) is 36.5 Å². The van der Waals surface area contributed by atoms with Crippen LogP contribution >= 0.6 is 0 Å². The third-order valence-corrected chi connectivity index (χ3v) is 1.86. The van der Waals surface area contributed by atoms with Crippen molar-refractivity contribution >= 4 is 5.69 Å². The summed E-state index contributed by atoms with van der Waals surface area (Å²) < 4.78 is 73.9. The monoisotopic (exact) mass is 274 g/mol. The molecule has 0 bridgehead atoms. The molecule has 0 saturated heterocycles. The first kappa shape index (κ1) is 14.1. The third-order valence-electron chi connectivity index (χ3n) is 1.86. The van der Waals surface area contributed by atoms with Gasteiger partial charge in [0.25, 0.3) is 0 Å². The lowest BCUT2D eigenvalue weighted by Gasteiger charge is -2.13. The molecule has 0 radical (unpaired) electrons. The Morgan fingerprint density at radius 2 is 1.61 bits per heavy atom. The van der Waals surface area contributed by atoms with Crippen molar-refractivity contribution in [2.75, 3.05) is 5.43 Å². The first-order valence-electron chi connectivity index (χ1n) is 4.21. The van der Waals surface area contributed by atoms with Crippen LogP contribution in [-0.4, -0.2) is 5.03 Å². The smallest absolute Gasteiger partial charge is 0.235 e. The van der Waals surface area contributed by atoms with Crippen molar-refractivity contribution < 1.29 is 31.4 Å². The molecule has 1 rings (SSSR count). The number of alkyl halides is 6. The highest BCUT2D eigenvalue weighted by Gasteiger charge is 2.38. The highest BCUT2D eigenvalue weighted by atomic mass is 19.4. The minimum absolute atomic E-state index is 0.0334. The minimum atomic E-state index is -5.00. The Morgan fingerprint density at radius 1 is 1.06 bits per heavy atom. The zero-order chi connectivity index (χ0) is 14.1. The standard InChI is InChI=1S/C8H4F6N2O2/c9-7(10,11)4-1-2-5(8(12,13)14)6(3-4)15-16(17)18/h1-3,15H. The fourth-order valence-electron chi connectivity index (χ4n) is 1.16. The van der Waals surface area contributed by atoms with Crippen LogP contribution in [0.15, 0.2) is 18.2 Å². The van der Waals surface area contributed by atoms with Gasteiger partial charge in [0.2, 0.25) is 0 Å². The van der Waals surface area contributed by atoms with E-state index in [0.717, 1.165) is 5.43 Å². The zero-order valence-corrected chi connectivity index (χ0v) is 8.26. The van der Waals surface area contributed by atoms with Crippen LogP contribution in [0.4, 0.5) is 32.0 Å². The fraction of sp³-hybridized carbons (Fsp3) is 0.250. The van der Waals surface area contributed by atoms with Gasteiger partial charge in [0.1, 0.15) is 5.69 Å². The van der Waals surface area contributed by atoms with E-state index < -0.39 is 34.2 Å². The molecule has 0 saturated carbocycles. The summed E-state index contributed by atoms with van der Waals surface area (Å²) in [6, 6.07) is 0.369. The Kier molecular flexibility index (Phi) is 3.40. The summed E-state index contributed by atoms with van der Waals surface area (Å²) in [4.78, 5) is 10.1. The number of anilines is 1. The summed E-state index contributed by atoms with van der Waals surface area (Å²) in [6.07, 6.45) is -9.89. The second-order valence-corrected chi connectivity index (χ2v) is 3.12. The van der Waals surface area contributed by atoms with Gasteiger partial charge >= 0.3 is 12.4 Å². The number of hydrogen-bond acceptors (Lipinski definition) is 2. The largest absolute Gasteiger partial charge is 0.418 e. The molecule has 0 unspecified atom stereocenters.